The molecular formula is C16H19Cl2N3OS. The van der Waals surface area contributed by atoms with Gasteiger partial charge in [0.1, 0.15) is 5.92 Å². The van der Waals surface area contributed by atoms with Gasteiger partial charge >= 0.3 is 0 Å². The average molecular weight is 372 g/mol. The molecular weight excluding hydrogens is 353 g/mol. The van der Waals surface area contributed by atoms with E-state index < -0.39 is 12.0 Å². The summed E-state index contributed by atoms with van der Waals surface area (Å²) in [5, 5.41) is 7.36. The summed E-state index contributed by atoms with van der Waals surface area (Å²) in [5.74, 6) is -0.541. The Balaban J connectivity index is 2.47. The fraction of sp³-hybridized carbons (Fsp3) is 0.375. The van der Waals surface area contributed by atoms with E-state index in [0.29, 0.717) is 33.9 Å². The first-order chi connectivity index (χ1) is 10.9. The van der Waals surface area contributed by atoms with Crippen molar-refractivity contribution in [2.24, 2.45) is 5.92 Å². The number of halogens is 2. The van der Waals surface area contributed by atoms with Crippen LogP contribution in [0.2, 0.25) is 10.0 Å². The van der Waals surface area contributed by atoms with Gasteiger partial charge in [-0.05, 0) is 37.7 Å². The first-order valence-electron chi connectivity index (χ1n) is 7.39. The molecule has 1 aliphatic rings. The normalized spacial score (nSPS) is 20.7. The Kier molecular flexibility index (Phi) is 5.89. The first-order valence-corrected chi connectivity index (χ1v) is 8.56. The monoisotopic (exact) mass is 371 g/mol. The maximum atomic E-state index is 12.9. The van der Waals surface area contributed by atoms with E-state index >= 15 is 0 Å². The topological polar surface area (TPSA) is 44.4 Å². The minimum absolute atomic E-state index is 0.0245. The first kappa shape index (κ1) is 18.0. The molecule has 1 fully saturated rings. The molecule has 0 spiro atoms. The number of carbonyl (C=O) groups is 1. The predicted octanol–water partition coefficient (Wildman–Crippen LogP) is 3.51. The van der Waals surface area contributed by atoms with Crippen molar-refractivity contribution in [1.82, 2.24) is 15.5 Å². The zero-order chi connectivity index (χ0) is 17.1. The number of nitrogens with one attached hydrogen (secondary N) is 2. The van der Waals surface area contributed by atoms with Crippen LogP contribution < -0.4 is 10.6 Å². The van der Waals surface area contributed by atoms with Crippen LogP contribution in [-0.4, -0.2) is 29.0 Å². The zero-order valence-electron chi connectivity index (χ0n) is 13.0. The summed E-state index contributed by atoms with van der Waals surface area (Å²) in [7, 11) is 0. The molecule has 1 saturated heterocycles. The summed E-state index contributed by atoms with van der Waals surface area (Å²) in [4.78, 5) is 14.7. The zero-order valence-corrected chi connectivity index (χ0v) is 15.4. The van der Waals surface area contributed by atoms with E-state index in [1.54, 1.807) is 17.0 Å². The fourth-order valence-corrected chi connectivity index (χ4v) is 3.41. The Labute approximate surface area is 151 Å². The lowest BCUT2D eigenvalue weighted by atomic mass is 9.87. The van der Waals surface area contributed by atoms with Gasteiger partial charge in [-0.25, -0.2) is 0 Å². The van der Waals surface area contributed by atoms with E-state index in [4.69, 9.17) is 35.4 Å². The van der Waals surface area contributed by atoms with Gasteiger partial charge in [-0.15, -0.1) is 0 Å². The highest BCUT2D eigenvalue weighted by atomic mass is 35.5. The Morgan fingerprint density at radius 1 is 1.35 bits per heavy atom. The largest absolute Gasteiger partial charge is 0.354 e. The van der Waals surface area contributed by atoms with Crippen molar-refractivity contribution in [1.29, 1.82) is 0 Å². The summed E-state index contributed by atoms with van der Waals surface area (Å²) in [6.45, 7) is 9.12. The van der Waals surface area contributed by atoms with Crippen LogP contribution >= 0.6 is 35.4 Å². The summed E-state index contributed by atoms with van der Waals surface area (Å²) in [6, 6.07) is 4.95. The van der Waals surface area contributed by atoms with Crippen molar-refractivity contribution < 1.29 is 4.79 Å². The summed E-state index contributed by atoms with van der Waals surface area (Å²) >= 11 is 17.7. The van der Waals surface area contributed by atoms with Gasteiger partial charge in [0, 0.05) is 18.8 Å². The highest BCUT2D eigenvalue weighted by Gasteiger charge is 2.39. The minimum atomic E-state index is -0.516. The van der Waals surface area contributed by atoms with E-state index in [1.807, 2.05) is 19.9 Å². The van der Waals surface area contributed by atoms with Gasteiger partial charge in [0.05, 0.1) is 16.1 Å². The standard InChI is InChI=1S/C16H19Cl2N3OS/c1-4-21(5-2)15(22)12-9(3)19-16(23)20-14(12)10-7-6-8-11(17)13(10)18/h6-8,12,14H,3-5H2,1-2H3,(H2,19,20,23)/t12-,14+/m1/s1. The lowest BCUT2D eigenvalue weighted by Crippen LogP contribution is -2.53. The van der Waals surface area contributed by atoms with Crippen LogP contribution in [0.3, 0.4) is 0 Å². The highest BCUT2D eigenvalue weighted by Crippen LogP contribution is 2.37. The van der Waals surface area contributed by atoms with Crippen molar-refractivity contribution in [3.8, 4) is 0 Å². The average Bonchev–Trinajstić information content (AvgIpc) is 2.50. The molecule has 0 radical (unpaired) electrons. The summed E-state index contributed by atoms with van der Waals surface area (Å²) in [6.07, 6.45) is 0. The second-order valence-electron chi connectivity index (χ2n) is 5.23. The molecule has 0 bridgehead atoms. The predicted molar refractivity (Wildman–Crippen MR) is 98.6 cm³/mol. The number of thiocarbonyl (C=S) groups is 1. The highest BCUT2D eigenvalue weighted by molar-refractivity contribution is 7.80. The minimum Gasteiger partial charge on any atom is -0.354 e. The quantitative estimate of drug-likeness (QED) is 0.794. The Morgan fingerprint density at radius 2 is 2.00 bits per heavy atom. The van der Waals surface area contributed by atoms with Gasteiger partial charge < -0.3 is 15.5 Å². The van der Waals surface area contributed by atoms with Crippen molar-refractivity contribution >= 4 is 46.4 Å². The van der Waals surface area contributed by atoms with E-state index in [0.717, 1.165) is 5.56 Å². The van der Waals surface area contributed by atoms with Gasteiger partial charge in [0.2, 0.25) is 5.91 Å². The smallest absolute Gasteiger partial charge is 0.234 e. The molecule has 1 aromatic rings. The number of carbonyl (C=O) groups excluding carboxylic acids is 1. The molecule has 0 unspecified atom stereocenters. The van der Waals surface area contributed by atoms with Crippen molar-refractivity contribution in [3.63, 3.8) is 0 Å². The molecule has 0 aromatic heterocycles. The van der Waals surface area contributed by atoms with Crippen molar-refractivity contribution in [3.05, 3.63) is 46.1 Å². The van der Waals surface area contributed by atoms with Gasteiger partial charge in [-0.2, -0.15) is 0 Å². The molecule has 7 heteroatoms. The molecule has 1 amide bonds. The van der Waals surface area contributed by atoms with Crippen LogP contribution in [0, 0.1) is 5.92 Å². The van der Waals surface area contributed by atoms with E-state index in [9.17, 15) is 4.79 Å². The number of rotatable bonds is 4. The second-order valence-corrected chi connectivity index (χ2v) is 6.43. The van der Waals surface area contributed by atoms with Gasteiger partial charge in [-0.3, -0.25) is 4.79 Å². The molecule has 0 saturated carbocycles. The van der Waals surface area contributed by atoms with E-state index in [1.165, 1.54) is 0 Å². The van der Waals surface area contributed by atoms with E-state index in [2.05, 4.69) is 17.2 Å². The lowest BCUT2D eigenvalue weighted by Gasteiger charge is -2.38. The molecule has 23 heavy (non-hydrogen) atoms. The number of hydrogen-bond donors (Lipinski definition) is 2. The van der Waals surface area contributed by atoms with Crippen molar-refractivity contribution in [2.75, 3.05) is 13.1 Å². The van der Waals surface area contributed by atoms with Crippen LogP contribution in [0.4, 0.5) is 0 Å². The molecule has 2 N–H and O–H groups in total. The molecule has 1 aromatic carbocycles. The summed E-state index contributed by atoms with van der Waals surface area (Å²) in [5.41, 5.74) is 1.29. The van der Waals surface area contributed by atoms with Gasteiger partial charge in [0.25, 0.3) is 0 Å². The molecule has 1 heterocycles. The fourth-order valence-electron chi connectivity index (χ4n) is 2.73. The maximum Gasteiger partial charge on any atom is 0.234 e. The van der Waals surface area contributed by atoms with E-state index in [-0.39, 0.29) is 5.91 Å². The SMILES string of the molecule is C=C1NC(=S)N[C@@H](c2cccc(Cl)c2Cl)[C@@H]1C(=O)N(CC)CC. The van der Waals surface area contributed by atoms with Crippen LogP contribution in [0.1, 0.15) is 25.5 Å². The lowest BCUT2D eigenvalue weighted by molar-refractivity contribution is -0.135. The van der Waals surface area contributed by atoms with Crippen LogP contribution in [0.15, 0.2) is 30.5 Å². The number of amides is 1. The van der Waals surface area contributed by atoms with Crippen molar-refractivity contribution in [2.45, 2.75) is 19.9 Å². The summed E-state index contributed by atoms with van der Waals surface area (Å²) < 4.78 is 0. The molecule has 1 aliphatic heterocycles. The Morgan fingerprint density at radius 3 is 2.61 bits per heavy atom. The molecule has 124 valence electrons. The second kappa shape index (κ2) is 7.51. The third-order valence-corrected chi connectivity index (χ3v) is 4.98. The number of nitrogens with zero attached hydrogens (tertiary/aromatic N) is 1. The Bertz CT molecular complexity index is 646. The number of hydrogen-bond acceptors (Lipinski definition) is 2. The third kappa shape index (κ3) is 3.62. The Hall–Kier alpha value is -1.30. The molecule has 2 atom stereocenters. The molecule has 0 aliphatic carbocycles. The van der Waals surface area contributed by atoms with Gasteiger partial charge in [0.15, 0.2) is 5.11 Å². The number of benzene rings is 1. The maximum absolute atomic E-state index is 12.9. The van der Waals surface area contributed by atoms with Crippen LogP contribution in [0.25, 0.3) is 0 Å². The molecule has 2 rings (SSSR count). The van der Waals surface area contributed by atoms with Crippen LogP contribution in [-0.2, 0) is 4.79 Å². The van der Waals surface area contributed by atoms with Gasteiger partial charge in [-0.1, -0.05) is 41.9 Å². The third-order valence-electron chi connectivity index (χ3n) is 3.93. The molecule has 4 nitrogen and oxygen atoms in total. The van der Waals surface area contributed by atoms with Crippen LogP contribution in [0.5, 0.6) is 0 Å².